The number of hydrogen-bond donors (Lipinski definition) is 3. The highest BCUT2D eigenvalue weighted by atomic mass is 15.1. The van der Waals surface area contributed by atoms with Crippen LogP contribution in [0.15, 0.2) is 0 Å². The molecule has 0 aliphatic heterocycles. The Hall–Kier alpha value is -1.03. The van der Waals surface area contributed by atoms with Crippen LogP contribution in [0.25, 0.3) is 0 Å². The van der Waals surface area contributed by atoms with Crippen molar-refractivity contribution >= 4 is 5.69 Å². The maximum absolute atomic E-state index is 5.38. The summed E-state index contributed by atoms with van der Waals surface area (Å²) in [5.74, 6) is 0. The number of rotatable bonds is 4. The molecule has 12 heavy (non-hydrogen) atoms. The van der Waals surface area contributed by atoms with Crippen molar-refractivity contribution in [2.24, 2.45) is 5.73 Å². The van der Waals surface area contributed by atoms with Gasteiger partial charge in [-0.25, -0.2) is 0 Å². The van der Waals surface area contributed by atoms with Gasteiger partial charge >= 0.3 is 0 Å². The molecular formula is C8H16N4. The maximum Gasteiger partial charge on any atom is 0.0825 e. The molecule has 0 saturated heterocycles. The molecule has 68 valence electrons. The van der Waals surface area contributed by atoms with E-state index in [1.54, 1.807) is 0 Å². The van der Waals surface area contributed by atoms with Gasteiger partial charge in [0.25, 0.3) is 0 Å². The van der Waals surface area contributed by atoms with Gasteiger partial charge in [-0.15, -0.1) is 0 Å². The fourth-order valence-electron chi connectivity index (χ4n) is 1.13. The van der Waals surface area contributed by atoms with Crippen LogP contribution in [0.3, 0.4) is 0 Å². The number of H-pyrrole nitrogens is 1. The molecule has 0 aromatic carbocycles. The normalized spacial score (nSPS) is 10.2. The van der Waals surface area contributed by atoms with Gasteiger partial charge in [-0.05, 0) is 26.8 Å². The first-order chi connectivity index (χ1) is 5.75. The molecule has 4 heteroatoms. The van der Waals surface area contributed by atoms with E-state index in [9.17, 15) is 0 Å². The Morgan fingerprint density at radius 2 is 2.25 bits per heavy atom. The highest BCUT2D eigenvalue weighted by Gasteiger charge is 2.03. The van der Waals surface area contributed by atoms with Gasteiger partial charge in [0.05, 0.1) is 17.1 Å². The van der Waals surface area contributed by atoms with Gasteiger partial charge in [0, 0.05) is 6.54 Å². The first-order valence-corrected chi connectivity index (χ1v) is 4.21. The molecular weight excluding hydrogens is 152 g/mol. The standard InChI is InChI=1S/C8H16N4/c1-6-8(7(2)12-11-6)10-5-3-4-9/h10H,3-5,9H2,1-2H3,(H,11,12). The Balaban J connectivity index is 2.50. The molecule has 4 nitrogen and oxygen atoms in total. The second-order valence-electron chi connectivity index (χ2n) is 2.88. The molecule has 0 atom stereocenters. The summed E-state index contributed by atoms with van der Waals surface area (Å²) >= 11 is 0. The minimum atomic E-state index is 0.725. The summed E-state index contributed by atoms with van der Waals surface area (Å²) in [6.45, 7) is 5.62. The average Bonchev–Trinajstić information content (AvgIpc) is 2.35. The highest BCUT2D eigenvalue weighted by molar-refractivity contribution is 5.51. The molecule has 0 aliphatic rings. The second-order valence-corrected chi connectivity index (χ2v) is 2.88. The van der Waals surface area contributed by atoms with E-state index < -0.39 is 0 Å². The van der Waals surface area contributed by atoms with Crippen LogP contribution in [0.2, 0.25) is 0 Å². The van der Waals surface area contributed by atoms with E-state index in [1.807, 2.05) is 13.8 Å². The lowest BCUT2D eigenvalue weighted by Gasteiger charge is -2.04. The Kier molecular flexibility index (Phi) is 3.10. The second kappa shape index (κ2) is 4.11. The predicted octanol–water partition coefficient (Wildman–Crippen LogP) is 0.787. The Morgan fingerprint density at radius 3 is 2.75 bits per heavy atom. The Labute approximate surface area is 72.5 Å². The monoisotopic (exact) mass is 168 g/mol. The predicted molar refractivity (Wildman–Crippen MR) is 50.2 cm³/mol. The van der Waals surface area contributed by atoms with Crippen LogP contribution in [0.4, 0.5) is 5.69 Å². The van der Waals surface area contributed by atoms with E-state index >= 15 is 0 Å². The van der Waals surface area contributed by atoms with Crippen LogP contribution in [-0.2, 0) is 0 Å². The van der Waals surface area contributed by atoms with Crippen molar-refractivity contribution in [1.29, 1.82) is 0 Å². The molecule has 0 fully saturated rings. The maximum atomic E-state index is 5.38. The molecule has 1 aromatic heterocycles. The number of aryl methyl sites for hydroxylation is 2. The van der Waals surface area contributed by atoms with Gasteiger partial charge in [-0.1, -0.05) is 0 Å². The lowest BCUT2D eigenvalue weighted by molar-refractivity contribution is 0.873. The van der Waals surface area contributed by atoms with Crippen LogP contribution >= 0.6 is 0 Å². The van der Waals surface area contributed by atoms with Gasteiger partial charge in [-0.2, -0.15) is 5.10 Å². The molecule has 1 aromatic rings. The zero-order valence-electron chi connectivity index (χ0n) is 7.65. The summed E-state index contributed by atoms with van der Waals surface area (Å²) in [6, 6.07) is 0. The number of hydrogen-bond acceptors (Lipinski definition) is 3. The van der Waals surface area contributed by atoms with Gasteiger partial charge in [0.1, 0.15) is 0 Å². The smallest absolute Gasteiger partial charge is 0.0825 e. The number of nitrogens with one attached hydrogen (secondary N) is 2. The first kappa shape index (κ1) is 9.06. The lowest BCUT2D eigenvalue weighted by atomic mass is 10.3. The quantitative estimate of drug-likeness (QED) is 0.582. The van der Waals surface area contributed by atoms with Crippen molar-refractivity contribution in [1.82, 2.24) is 10.2 Å². The van der Waals surface area contributed by atoms with Gasteiger partial charge in [0.15, 0.2) is 0 Å². The van der Waals surface area contributed by atoms with E-state index in [1.165, 1.54) is 0 Å². The summed E-state index contributed by atoms with van der Waals surface area (Å²) in [4.78, 5) is 0. The molecule has 0 amide bonds. The lowest BCUT2D eigenvalue weighted by Crippen LogP contribution is -2.09. The van der Waals surface area contributed by atoms with Crippen LogP contribution in [0, 0.1) is 13.8 Å². The van der Waals surface area contributed by atoms with Crippen molar-refractivity contribution in [3.8, 4) is 0 Å². The van der Waals surface area contributed by atoms with Crippen molar-refractivity contribution < 1.29 is 0 Å². The number of aromatic nitrogens is 2. The van der Waals surface area contributed by atoms with E-state index in [4.69, 9.17) is 5.73 Å². The van der Waals surface area contributed by atoms with Gasteiger partial charge in [-0.3, -0.25) is 5.10 Å². The largest absolute Gasteiger partial charge is 0.382 e. The third-order valence-electron chi connectivity index (χ3n) is 1.81. The molecule has 1 rings (SSSR count). The molecule has 0 bridgehead atoms. The molecule has 0 unspecified atom stereocenters. The van der Waals surface area contributed by atoms with E-state index in [-0.39, 0.29) is 0 Å². The van der Waals surface area contributed by atoms with Crippen LogP contribution < -0.4 is 11.1 Å². The summed E-state index contributed by atoms with van der Waals surface area (Å²) in [5.41, 5.74) is 8.60. The number of anilines is 1. The van der Waals surface area contributed by atoms with Crippen molar-refractivity contribution in [2.75, 3.05) is 18.4 Å². The Morgan fingerprint density at radius 1 is 1.50 bits per heavy atom. The summed E-state index contributed by atoms with van der Waals surface area (Å²) in [6.07, 6.45) is 0.990. The van der Waals surface area contributed by atoms with Crippen LogP contribution in [0.1, 0.15) is 17.8 Å². The van der Waals surface area contributed by atoms with Gasteiger partial charge in [0.2, 0.25) is 0 Å². The average molecular weight is 168 g/mol. The molecule has 0 aliphatic carbocycles. The number of nitrogens with zero attached hydrogens (tertiary/aromatic N) is 1. The minimum absolute atomic E-state index is 0.725. The van der Waals surface area contributed by atoms with E-state index in [0.717, 1.165) is 36.6 Å². The molecule has 4 N–H and O–H groups in total. The van der Waals surface area contributed by atoms with Crippen molar-refractivity contribution in [3.05, 3.63) is 11.4 Å². The number of nitrogens with two attached hydrogens (primary N) is 1. The first-order valence-electron chi connectivity index (χ1n) is 4.21. The van der Waals surface area contributed by atoms with Crippen molar-refractivity contribution in [3.63, 3.8) is 0 Å². The molecule has 0 spiro atoms. The fraction of sp³-hybridized carbons (Fsp3) is 0.625. The fourth-order valence-corrected chi connectivity index (χ4v) is 1.13. The van der Waals surface area contributed by atoms with E-state index in [2.05, 4.69) is 15.5 Å². The topological polar surface area (TPSA) is 66.7 Å². The van der Waals surface area contributed by atoms with Crippen LogP contribution in [0.5, 0.6) is 0 Å². The zero-order chi connectivity index (χ0) is 8.97. The summed E-state index contributed by atoms with van der Waals surface area (Å²) in [7, 11) is 0. The molecule has 0 saturated carbocycles. The minimum Gasteiger partial charge on any atom is -0.382 e. The van der Waals surface area contributed by atoms with Crippen molar-refractivity contribution in [2.45, 2.75) is 20.3 Å². The molecule has 0 radical (unpaired) electrons. The molecule has 1 heterocycles. The third kappa shape index (κ3) is 1.98. The number of aromatic amines is 1. The highest BCUT2D eigenvalue weighted by Crippen LogP contribution is 2.15. The summed E-state index contributed by atoms with van der Waals surface area (Å²) < 4.78 is 0. The van der Waals surface area contributed by atoms with E-state index in [0.29, 0.717) is 0 Å². The summed E-state index contributed by atoms with van der Waals surface area (Å²) in [5, 5.41) is 10.3. The Bertz CT molecular complexity index is 222. The SMILES string of the molecule is Cc1n[nH]c(C)c1NCCCN. The van der Waals surface area contributed by atoms with Gasteiger partial charge < -0.3 is 11.1 Å². The zero-order valence-corrected chi connectivity index (χ0v) is 7.65. The van der Waals surface area contributed by atoms with Crippen LogP contribution in [-0.4, -0.2) is 23.3 Å². The third-order valence-corrected chi connectivity index (χ3v) is 1.81.